The first kappa shape index (κ1) is 29.6. The number of anilines is 1. The van der Waals surface area contributed by atoms with Crippen LogP contribution in [0.1, 0.15) is 30.7 Å². The fourth-order valence-electron chi connectivity index (χ4n) is 8.38. The standard InChI is InChI=1S/C48H37N3/c1-3-13-34(14-4-1)35-23-25-37(26-24-35)49(36-15-5-2-6-16-36)38-27-29-39(30-28-38)50-45-20-10-9-19-43(45)44-32-31-40(33-48(44)50)51-46-21-11-7-17-41(46)42-18-8-12-22-47(42)51/h1-23,25-27,29,31-33,35H,24,28,30H2. The minimum atomic E-state index is 0.405. The Morgan fingerprint density at radius 2 is 1.10 bits per heavy atom. The Labute approximate surface area is 298 Å². The summed E-state index contributed by atoms with van der Waals surface area (Å²) in [6, 6.07) is 55.0. The summed E-state index contributed by atoms with van der Waals surface area (Å²) >= 11 is 0. The molecule has 2 aromatic heterocycles. The number of nitrogens with zero attached hydrogens (tertiary/aromatic N) is 3. The van der Waals surface area contributed by atoms with Gasteiger partial charge in [0.25, 0.3) is 0 Å². The second-order valence-electron chi connectivity index (χ2n) is 13.7. The van der Waals surface area contributed by atoms with E-state index in [2.05, 4.69) is 196 Å². The van der Waals surface area contributed by atoms with Gasteiger partial charge in [0, 0.05) is 55.9 Å². The summed E-state index contributed by atoms with van der Waals surface area (Å²) in [5, 5.41) is 5.13. The summed E-state index contributed by atoms with van der Waals surface area (Å²) in [7, 11) is 0. The van der Waals surface area contributed by atoms with E-state index in [1.807, 2.05) is 0 Å². The molecule has 0 spiro atoms. The van der Waals surface area contributed by atoms with Gasteiger partial charge in [-0.25, -0.2) is 0 Å². The molecular formula is C48H37N3. The third-order valence-corrected chi connectivity index (χ3v) is 10.8. The number of para-hydroxylation sites is 4. The number of allylic oxidation sites excluding steroid dienone is 7. The van der Waals surface area contributed by atoms with Gasteiger partial charge in [-0.05, 0) is 85.5 Å². The molecule has 6 aromatic carbocycles. The van der Waals surface area contributed by atoms with Gasteiger partial charge in [-0.3, -0.25) is 0 Å². The predicted octanol–water partition coefficient (Wildman–Crippen LogP) is 12.5. The molecule has 10 rings (SSSR count). The van der Waals surface area contributed by atoms with Gasteiger partial charge in [-0.2, -0.15) is 0 Å². The summed E-state index contributed by atoms with van der Waals surface area (Å²) in [5.74, 6) is 0.405. The monoisotopic (exact) mass is 655 g/mol. The second-order valence-corrected chi connectivity index (χ2v) is 13.7. The fourth-order valence-corrected chi connectivity index (χ4v) is 8.38. The maximum absolute atomic E-state index is 2.51. The molecule has 51 heavy (non-hydrogen) atoms. The lowest BCUT2D eigenvalue weighted by Crippen LogP contribution is -2.23. The van der Waals surface area contributed by atoms with E-state index in [0.717, 1.165) is 19.3 Å². The highest BCUT2D eigenvalue weighted by molar-refractivity contribution is 6.12. The maximum Gasteiger partial charge on any atom is 0.0558 e. The normalized spacial score (nSPS) is 16.1. The molecule has 2 heterocycles. The van der Waals surface area contributed by atoms with Crippen LogP contribution in [-0.4, -0.2) is 9.13 Å². The molecule has 0 saturated carbocycles. The zero-order chi connectivity index (χ0) is 33.7. The van der Waals surface area contributed by atoms with Crippen LogP contribution in [0.15, 0.2) is 193 Å². The maximum atomic E-state index is 2.51. The molecule has 2 aliphatic rings. The Morgan fingerprint density at radius 3 is 1.71 bits per heavy atom. The largest absolute Gasteiger partial charge is 0.315 e. The van der Waals surface area contributed by atoms with Gasteiger partial charge in [0.15, 0.2) is 0 Å². The third kappa shape index (κ3) is 4.96. The van der Waals surface area contributed by atoms with Crippen LogP contribution in [0.4, 0.5) is 5.69 Å². The van der Waals surface area contributed by atoms with Gasteiger partial charge in [0.1, 0.15) is 0 Å². The van der Waals surface area contributed by atoms with Crippen LogP contribution < -0.4 is 4.90 Å². The van der Waals surface area contributed by atoms with E-state index in [1.165, 1.54) is 77.6 Å². The number of fused-ring (bicyclic) bond motifs is 6. The Bertz CT molecular complexity index is 2670. The highest BCUT2D eigenvalue weighted by Crippen LogP contribution is 2.40. The highest BCUT2D eigenvalue weighted by Gasteiger charge is 2.23. The molecule has 0 bridgehead atoms. The molecular weight excluding hydrogens is 619 g/mol. The molecule has 0 saturated heterocycles. The van der Waals surface area contributed by atoms with Crippen LogP contribution >= 0.6 is 0 Å². The first-order valence-electron chi connectivity index (χ1n) is 18.0. The Morgan fingerprint density at radius 1 is 0.510 bits per heavy atom. The lowest BCUT2D eigenvalue weighted by atomic mass is 9.91. The molecule has 244 valence electrons. The topological polar surface area (TPSA) is 13.1 Å². The molecule has 2 aliphatic carbocycles. The summed E-state index contributed by atoms with van der Waals surface area (Å²) < 4.78 is 4.93. The first-order chi connectivity index (χ1) is 25.3. The molecule has 8 aromatic rings. The molecule has 3 nitrogen and oxygen atoms in total. The zero-order valence-electron chi connectivity index (χ0n) is 28.4. The second kappa shape index (κ2) is 12.2. The Hall–Kier alpha value is -6.32. The van der Waals surface area contributed by atoms with E-state index in [1.54, 1.807) is 0 Å². The van der Waals surface area contributed by atoms with Gasteiger partial charge >= 0.3 is 0 Å². The minimum absolute atomic E-state index is 0.405. The molecule has 1 atom stereocenters. The third-order valence-electron chi connectivity index (χ3n) is 10.8. The summed E-state index contributed by atoms with van der Waals surface area (Å²) in [5.41, 5.74) is 12.6. The van der Waals surface area contributed by atoms with Gasteiger partial charge < -0.3 is 14.0 Å². The Kier molecular flexibility index (Phi) is 7.09. The van der Waals surface area contributed by atoms with Crippen molar-refractivity contribution in [3.8, 4) is 5.69 Å². The van der Waals surface area contributed by atoms with Crippen molar-refractivity contribution in [2.75, 3.05) is 4.90 Å². The highest BCUT2D eigenvalue weighted by atomic mass is 15.2. The summed E-state index contributed by atoms with van der Waals surface area (Å²) in [6.07, 6.45) is 14.7. The van der Waals surface area contributed by atoms with E-state index in [0.29, 0.717) is 5.92 Å². The summed E-state index contributed by atoms with van der Waals surface area (Å²) in [6.45, 7) is 0. The zero-order valence-corrected chi connectivity index (χ0v) is 28.4. The van der Waals surface area contributed by atoms with E-state index in [-0.39, 0.29) is 0 Å². The van der Waals surface area contributed by atoms with E-state index in [9.17, 15) is 0 Å². The average Bonchev–Trinajstić information content (AvgIpc) is 3.72. The number of aromatic nitrogens is 2. The summed E-state index contributed by atoms with van der Waals surface area (Å²) in [4.78, 5) is 2.46. The first-order valence-corrected chi connectivity index (χ1v) is 18.0. The van der Waals surface area contributed by atoms with Crippen molar-refractivity contribution in [1.29, 1.82) is 0 Å². The molecule has 3 heteroatoms. The number of hydrogen-bond donors (Lipinski definition) is 0. The van der Waals surface area contributed by atoms with E-state index >= 15 is 0 Å². The smallest absolute Gasteiger partial charge is 0.0558 e. The van der Waals surface area contributed by atoms with Gasteiger partial charge in [0.05, 0.1) is 22.1 Å². The molecule has 1 unspecified atom stereocenters. The SMILES string of the molecule is C1=CC(c2ccccc2)CC=C1N(C1=CC=C(n2c3ccccc3c3ccc(-n4c5ccccc5c5ccccc54)cc32)CC1)c1ccccc1. The van der Waals surface area contributed by atoms with Crippen LogP contribution in [0.5, 0.6) is 0 Å². The number of hydrogen-bond acceptors (Lipinski definition) is 1. The van der Waals surface area contributed by atoms with Crippen molar-refractivity contribution in [3.05, 3.63) is 199 Å². The fraction of sp³-hybridized carbons (Fsp3) is 0.0833. The average molecular weight is 656 g/mol. The van der Waals surface area contributed by atoms with Gasteiger partial charge in [-0.15, -0.1) is 0 Å². The van der Waals surface area contributed by atoms with Crippen molar-refractivity contribution in [3.63, 3.8) is 0 Å². The van der Waals surface area contributed by atoms with Crippen molar-refractivity contribution in [2.24, 2.45) is 0 Å². The van der Waals surface area contributed by atoms with Crippen LogP contribution in [0.2, 0.25) is 0 Å². The van der Waals surface area contributed by atoms with Crippen LogP contribution in [0, 0.1) is 0 Å². The molecule has 0 fully saturated rings. The lowest BCUT2D eigenvalue weighted by molar-refractivity contribution is 0.824. The van der Waals surface area contributed by atoms with Crippen molar-refractivity contribution >= 4 is 55.0 Å². The molecule has 0 N–H and O–H groups in total. The Balaban J connectivity index is 1.08. The van der Waals surface area contributed by atoms with E-state index < -0.39 is 0 Å². The lowest BCUT2D eigenvalue weighted by Gasteiger charge is -2.32. The van der Waals surface area contributed by atoms with Crippen molar-refractivity contribution in [2.45, 2.75) is 25.2 Å². The van der Waals surface area contributed by atoms with E-state index in [4.69, 9.17) is 0 Å². The molecule has 0 radical (unpaired) electrons. The van der Waals surface area contributed by atoms with Gasteiger partial charge in [-0.1, -0.05) is 121 Å². The molecule has 0 amide bonds. The van der Waals surface area contributed by atoms with Crippen LogP contribution in [0.25, 0.3) is 55.0 Å². The quantitative estimate of drug-likeness (QED) is 0.174. The van der Waals surface area contributed by atoms with Crippen molar-refractivity contribution in [1.82, 2.24) is 9.13 Å². The van der Waals surface area contributed by atoms with Crippen molar-refractivity contribution < 1.29 is 0 Å². The van der Waals surface area contributed by atoms with Crippen LogP contribution in [0.3, 0.4) is 0 Å². The number of benzene rings is 6. The minimum Gasteiger partial charge on any atom is -0.315 e. The number of rotatable bonds is 6. The molecule has 0 aliphatic heterocycles. The van der Waals surface area contributed by atoms with Crippen LogP contribution in [-0.2, 0) is 0 Å². The van der Waals surface area contributed by atoms with Gasteiger partial charge in [0.2, 0.25) is 0 Å². The predicted molar refractivity (Wildman–Crippen MR) is 215 cm³/mol.